The maximum absolute atomic E-state index is 3.63. The van der Waals surface area contributed by atoms with Crippen LogP contribution in [0.3, 0.4) is 0 Å². The first kappa shape index (κ1) is 11.9. The molecule has 0 bridgehead atoms. The third kappa shape index (κ3) is 4.38. The molecule has 0 saturated carbocycles. The van der Waals surface area contributed by atoms with E-state index in [0.717, 1.165) is 0 Å². The molecule has 2 aromatic rings. The van der Waals surface area contributed by atoms with Gasteiger partial charge in [0.05, 0.1) is 0 Å². The van der Waals surface area contributed by atoms with Gasteiger partial charge < -0.3 is 0 Å². The molecule has 0 atom stereocenters. The summed E-state index contributed by atoms with van der Waals surface area (Å²) < 4.78 is 1.89. The van der Waals surface area contributed by atoms with Crippen molar-refractivity contribution in [2.75, 3.05) is 0 Å². The molecule has 0 unspecified atom stereocenters. The van der Waals surface area contributed by atoms with Crippen LogP contribution in [0.2, 0.25) is 0 Å². The molecule has 80 valence electrons. The minimum Gasteiger partial charge on any atom is -0.174 e. The average Bonchev–Trinajstić information content (AvgIpc) is 2.41. The summed E-state index contributed by atoms with van der Waals surface area (Å²) in [5, 5.41) is 0. The molecule has 0 saturated heterocycles. The van der Waals surface area contributed by atoms with Crippen LogP contribution in [0.4, 0.5) is 0 Å². The van der Waals surface area contributed by atoms with Crippen molar-refractivity contribution in [1.82, 2.24) is 0 Å². The Morgan fingerprint density at radius 1 is 0.812 bits per heavy atom. The summed E-state index contributed by atoms with van der Waals surface area (Å²) in [6, 6.07) is 15.9. The largest absolute Gasteiger partial charge is 0.174 e. The van der Waals surface area contributed by atoms with Gasteiger partial charge in [-0.25, -0.2) is 0 Å². The lowest BCUT2D eigenvalue weighted by molar-refractivity contribution is -0.567. The Balaban J connectivity index is 0.000000160. The van der Waals surface area contributed by atoms with Gasteiger partial charge in [-0.3, -0.25) is 0 Å². The van der Waals surface area contributed by atoms with Gasteiger partial charge in [-0.1, -0.05) is 49.1 Å². The molecule has 0 amide bonds. The van der Waals surface area contributed by atoms with Gasteiger partial charge in [-0.2, -0.15) is 4.57 Å². The zero-order valence-corrected chi connectivity index (χ0v) is 9.29. The molecule has 1 nitrogen and oxygen atoms in total. The topological polar surface area (TPSA) is 3.88 Å². The lowest BCUT2D eigenvalue weighted by atomic mass is 10.2. The maximum atomic E-state index is 3.63. The number of nitrogens with zero attached hydrogens (tertiary/aromatic N) is 1. The molecule has 0 fully saturated rings. The van der Waals surface area contributed by atoms with Gasteiger partial charge in [-0.05, 0) is 12.1 Å². The van der Waals surface area contributed by atoms with Crippen LogP contribution >= 0.6 is 0 Å². The normalized spacial score (nSPS) is 8.50. The van der Waals surface area contributed by atoms with Gasteiger partial charge in [0.2, 0.25) is 0 Å². The molecule has 1 heteroatoms. The fourth-order valence-electron chi connectivity index (χ4n) is 1.12. The first-order valence-electron chi connectivity index (χ1n) is 5.12. The highest BCUT2D eigenvalue weighted by Crippen LogP contribution is 1.97. The van der Waals surface area contributed by atoms with Gasteiger partial charge in [-0.15, -0.1) is 0 Å². The summed E-state index contributed by atoms with van der Waals surface area (Å²) >= 11 is 0. The van der Waals surface area contributed by atoms with Crippen LogP contribution in [0.25, 0.3) is 12.3 Å². The van der Waals surface area contributed by atoms with Crippen molar-refractivity contribution in [2.24, 2.45) is 0 Å². The van der Waals surface area contributed by atoms with E-state index in [0.29, 0.717) is 0 Å². The third-order valence-corrected chi connectivity index (χ3v) is 1.98. The number of benzene rings is 1. The molecule has 16 heavy (non-hydrogen) atoms. The molecule has 0 aliphatic carbocycles. The van der Waals surface area contributed by atoms with Crippen LogP contribution < -0.4 is 4.57 Å². The van der Waals surface area contributed by atoms with Gasteiger partial charge in [0, 0.05) is 12.1 Å². The van der Waals surface area contributed by atoms with Crippen LogP contribution in [0, 0.1) is 0 Å². The van der Waals surface area contributed by atoms with Crippen LogP contribution in [0.15, 0.2) is 74.1 Å². The molecular weight excluding hydrogens is 194 g/mol. The molecule has 0 aliphatic heterocycles. The monoisotopic (exact) mass is 210 g/mol. The fourth-order valence-corrected chi connectivity index (χ4v) is 1.12. The summed E-state index contributed by atoms with van der Waals surface area (Å²) in [5.74, 6) is 0. The summed E-state index contributed by atoms with van der Waals surface area (Å²) in [7, 11) is 0. The van der Waals surface area contributed by atoms with Crippen molar-refractivity contribution in [3.8, 4) is 0 Å². The number of hydrogen-bond donors (Lipinski definition) is 0. The molecule has 2 rings (SSSR count). The Morgan fingerprint density at radius 3 is 1.75 bits per heavy atom. The Morgan fingerprint density at radius 2 is 1.38 bits per heavy atom. The van der Waals surface area contributed by atoms with Gasteiger partial charge in [0.15, 0.2) is 18.6 Å². The number of rotatable bonds is 2. The van der Waals surface area contributed by atoms with Crippen molar-refractivity contribution in [3.63, 3.8) is 0 Å². The van der Waals surface area contributed by atoms with Crippen molar-refractivity contribution in [2.45, 2.75) is 0 Å². The highest BCUT2D eigenvalue weighted by molar-refractivity contribution is 5.45. The molecule has 1 heterocycles. The summed E-state index contributed by atoms with van der Waals surface area (Å²) in [5.41, 5.74) is 1.17. The molecule has 1 aromatic heterocycles. The number of hydrogen-bond acceptors (Lipinski definition) is 0. The molecule has 0 spiro atoms. The van der Waals surface area contributed by atoms with Crippen molar-refractivity contribution >= 4 is 12.3 Å². The Hall–Kier alpha value is -2.15. The van der Waals surface area contributed by atoms with Crippen LogP contribution in [-0.4, -0.2) is 0 Å². The van der Waals surface area contributed by atoms with Gasteiger partial charge >= 0.3 is 0 Å². The van der Waals surface area contributed by atoms with E-state index in [1.54, 1.807) is 6.20 Å². The third-order valence-electron chi connectivity index (χ3n) is 1.98. The minimum atomic E-state index is 1.17. The first-order valence-corrected chi connectivity index (χ1v) is 5.12. The van der Waals surface area contributed by atoms with Crippen LogP contribution in [-0.2, 0) is 0 Å². The molecule has 1 aromatic carbocycles. The quantitative estimate of drug-likeness (QED) is 0.669. The van der Waals surface area contributed by atoms with E-state index in [2.05, 4.69) is 13.2 Å². The number of aromatic nitrogens is 1. The van der Waals surface area contributed by atoms with Crippen LogP contribution in [0.1, 0.15) is 5.56 Å². The van der Waals surface area contributed by atoms with Gasteiger partial charge in [0.1, 0.15) is 0 Å². The van der Waals surface area contributed by atoms with Crippen molar-refractivity contribution in [1.29, 1.82) is 0 Å². The first-order chi connectivity index (χ1) is 7.86. The lowest BCUT2D eigenvalue weighted by Crippen LogP contribution is -2.22. The fraction of sp³-hybridized carbons (Fsp3) is 0. The summed E-state index contributed by atoms with van der Waals surface area (Å²) in [6.45, 7) is 7.22. The standard InChI is InChI=1S/C8H8.C7H8N/c2*1-2-8-6-4-3-5-7-8/h2*2-7H,1H2/q;+1. The van der Waals surface area contributed by atoms with E-state index in [1.165, 1.54) is 5.56 Å². The van der Waals surface area contributed by atoms with Crippen molar-refractivity contribution in [3.05, 3.63) is 79.6 Å². The zero-order valence-electron chi connectivity index (χ0n) is 9.29. The summed E-state index contributed by atoms with van der Waals surface area (Å²) in [6.07, 6.45) is 7.46. The smallest absolute Gasteiger partial charge is 0.174 e. The summed E-state index contributed by atoms with van der Waals surface area (Å²) in [4.78, 5) is 0. The highest BCUT2D eigenvalue weighted by atomic mass is 14.9. The minimum absolute atomic E-state index is 1.17. The maximum Gasteiger partial charge on any atom is 0.174 e. The van der Waals surface area contributed by atoms with E-state index in [9.17, 15) is 0 Å². The molecular formula is C15H16N+. The Labute approximate surface area is 97.0 Å². The van der Waals surface area contributed by atoms with E-state index >= 15 is 0 Å². The lowest BCUT2D eigenvalue weighted by Gasteiger charge is -1.85. The van der Waals surface area contributed by atoms with Crippen LogP contribution in [0.5, 0.6) is 0 Å². The van der Waals surface area contributed by atoms with Crippen molar-refractivity contribution < 1.29 is 4.57 Å². The predicted octanol–water partition coefficient (Wildman–Crippen LogP) is 3.40. The van der Waals surface area contributed by atoms with E-state index in [-0.39, 0.29) is 0 Å². The van der Waals surface area contributed by atoms with E-state index in [1.807, 2.05) is 71.6 Å². The second kappa shape index (κ2) is 7.18. The Bertz CT molecular complexity index is 374. The Kier molecular flexibility index (Phi) is 5.35. The van der Waals surface area contributed by atoms with Gasteiger partial charge in [0.25, 0.3) is 0 Å². The second-order valence-corrected chi connectivity index (χ2v) is 3.12. The predicted molar refractivity (Wildman–Crippen MR) is 69.6 cm³/mol. The van der Waals surface area contributed by atoms with E-state index in [4.69, 9.17) is 0 Å². The molecule has 0 radical (unpaired) electrons. The highest BCUT2D eigenvalue weighted by Gasteiger charge is 1.83. The average molecular weight is 210 g/mol. The second-order valence-electron chi connectivity index (χ2n) is 3.12. The zero-order chi connectivity index (χ0) is 11.6. The number of pyridine rings is 1. The van der Waals surface area contributed by atoms with E-state index < -0.39 is 0 Å². The molecule has 0 N–H and O–H groups in total. The molecule has 0 aliphatic rings. The SMILES string of the molecule is C=C[n+]1ccccc1.C=Cc1ccccc1.